The van der Waals surface area contributed by atoms with Gasteiger partial charge in [0.05, 0.1) is 11.2 Å². The first kappa shape index (κ1) is 17.6. The molecule has 1 aliphatic rings. The molecule has 0 spiro atoms. The molecule has 1 aliphatic heterocycles. The number of anilines is 1. The third kappa shape index (κ3) is 3.72. The first-order valence-corrected chi connectivity index (χ1v) is 9.87. The van der Waals surface area contributed by atoms with Crippen molar-refractivity contribution in [2.24, 2.45) is 0 Å². The molecule has 0 unspecified atom stereocenters. The number of pyridine rings is 1. The second-order valence-corrected chi connectivity index (χ2v) is 8.30. The van der Waals surface area contributed by atoms with Gasteiger partial charge in [0, 0.05) is 42.0 Å². The van der Waals surface area contributed by atoms with E-state index in [4.69, 9.17) is 0 Å². The molecule has 9 heteroatoms. The number of nitro benzene ring substituents is 1. The third-order valence-corrected chi connectivity index (χ3v) is 5.73. The Bertz CT molecular complexity index is 921. The molecule has 25 heavy (non-hydrogen) atoms. The maximum absolute atomic E-state index is 11.6. The maximum Gasteiger partial charge on any atom is 0.295 e. The summed E-state index contributed by atoms with van der Waals surface area (Å²) in [5.74, 6) is 0. The summed E-state index contributed by atoms with van der Waals surface area (Å²) in [4.78, 5) is 15.1. The fourth-order valence-corrected chi connectivity index (χ4v) is 4.05. The van der Waals surface area contributed by atoms with Crippen molar-refractivity contribution in [3.05, 3.63) is 40.1 Å². The number of hydrogen-bond acceptors (Lipinski definition) is 6. The predicted molar refractivity (Wildman–Crippen MR) is 96.2 cm³/mol. The molecule has 0 bridgehead atoms. The monoisotopic (exact) mass is 364 g/mol. The zero-order chi connectivity index (χ0) is 18.2. The molecule has 1 aromatic heterocycles. The number of nitro groups is 1. The lowest BCUT2D eigenvalue weighted by atomic mass is 10.0. The van der Waals surface area contributed by atoms with E-state index in [9.17, 15) is 18.5 Å². The first-order valence-electron chi connectivity index (χ1n) is 8.02. The van der Waals surface area contributed by atoms with Gasteiger partial charge in [-0.2, -0.15) is 0 Å². The van der Waals surface area contributed by atoms with Crippen LogP contribution < -0.4 is 5.32 Å². The number of nitrogens with one attached hydrogen (secondary N) is 1. The molecule has 8 nitrogen and oxygen atoms in total. The lowest BCUT2D eigenvalue weighted by Crippen LogP contribution is -2.41. The highest BCUT2D eigenvalue weighted by Crippen LogP contribution is 2.31. The minimum absolute atomic E-state index is 0.0175. The van der Waals surface area contributed by atoms with Crippen LogP contribution in [0.1, 0.15) is 18.5 Å². The van der Waals surface area contributed by atoms with E-state index in [0.717, 1.165) is 5.69 Å². The van der Waals surface area contributed by atoms with E-state index >= 15 is 0 Å². The SMILES string of the molecule is Cc1cc(NC2CCN(S(C)(=O)=O)CC2)c2cccc([N+](=O)[O-])c2n1. The molecule has 0 radical (unpaired) electrons. The van der Waals surface area contributed by atoms with E-state index in [1.807, 2.05) is 12.1 Å². The van der Waals surface area contributed by atoms with E-state index in [1.54, 1.807) is 13.0 Å². The van der Waals surface area contributed by atoms with Crippen LogP contribution in [0.4, 0.5) is 11.4 Å². The average Bonchev–Trinajstić information content (AvgIpc) is 2.53. The van der Waals surface area contributed by atoms with Gasteiger partial charge in [-0.1, -0.05) is 12.1 Å². The second kappa shape index (κ2) is 6.57. The van der Waals surface area contributed by atoms with Crippen molar-refractivity contribution < 1.29 is 13.3 Å². The molecule has 1 fully saturated rings. The van der Waals surface area contributed by atoms with Gasteiger partial charge in [0.2, 0.25) is 10.0 Å². The predicted octanol–water partition coefficient (Wildman–Crippen LogP) is 2.29. The van der Waals surface area contributed by atoms with Crippen LogP contribution in [0.2, 0.25) is 0 Å². The summed E-state index contributed by atoms with van der Waals surface area (Å²) in [5.41, 5.74) is 1.83. The van der Waals surface area contributed by atoms with Crippen molar-refractivity contribution in [3.63, 3.8) is 0 Å². The Labute approximate surface area is 146 Å². The first-order chi connectivity index (χ1) is 11.8. The van der Waals surface area contributed by atoms with Crippen LogP contribution in [0.25, 0.3) is 10.9 Å². The highest BCUT2D eigenvalue weighted by Gasteiger charge is 2.25. The third-order valence-electron chi connectivity index (χ3n) is 4.43. The minimum Gasteiger partial charge on any atom is -0.382 e. The van der Waals surface area contributed by atoms with Gasteiger partial charge in [0.25, 0.3) is 5.69 Å². The number of rotatable bonds is 4. The van der Waals surface area contributed by atoms with Crippen molar-refractivity contribution in [1.29, 1.82) is 0 Å². The maximum atomic E-state index is 11.6. The number of benzene rings is 1. The zero-order valence-electron chi connectivity index (χ0n) is 14.1. The van der Waals surface area contributed by atoms with Crippen molar-refractivity contribution in [2.75, 3.05) is 24.7 Å². The van der Waals surface area contributed by atoms with Crippen LogP contribution in [-0.2, 0) is 10.0 Å². The summed E-state index contributed by atoms with van der Waals surface area (Å²) in [6.07, 6.45) is 2.59. The quantitative estimate of drug-likeness (QED) is 0.659. The van der Waals surface area contributed by atoms with E-state index in [2.05, 4.69) is 10.3 Å². The van der Waals surface area contributed by atoms with Crippen LogP contribution in [0.15, 0.2) is 24.3 Å². The molecule has 134 valence electrons. The smallest absolute Gasteiger partial charge is 0.295 e. The molecular weight excluding hydrogens is 344 g/mol. The topological polar surface area (TPSA) is 105 Å². The highest BCUT2D eigenvalue weighted by molar-refractivity contribution is 7.88. The summed E-state index contributed by atoms with van der Waals surface area (Å²) >= 11 is 0. The Morgan fingerprint density at radius 3 is 2.60 bits per heavy atom. The number of para-hydroxylation sites is 1. The Morgan fingerprint density at radius 2 is 2.00 bits per heavy atom. The molecule has 0 amide bonds. The fourth-order valence-electron chi connectivity index (χ4n) is 3.18. The second-order valence-electron chi connectivity index (χ2n) is 6.32. The van der Waals surface area contributed by atoms with Gasteiger partial charge in [-0.3, -0.25) is 10.1 Å². The number of fused-ring (bicyclic) bond motifs is 1. The van der Waals surface area contributed by atoms with E-state index < -0.39 is 14.9 Å². The summed E-state index contributed by atoms with van der Waals surface area (Å²) in [6.45, 7) is 2.74. The van der Waals surface area contributed by atoms with E-state index in [0.29, 0.717) is 42.5 Å². The van der Waals surface area contributed by atoms with Crippen LogP contribution >= 0.6 is 0 Å². The molecule has 1 N–H and O–H groups in total. The Kier molecular flexibility index (Phi) is 4.61. The molecule has 1 aromatic carbocycles. The molecule has 0 atom stereocenters. The molecular formula is C16H20N4O4S. The van der Waals surface area contributed by atoms with Gasteiger partial charge < -0.3 is 5.32 Å². The Balaban J connectivity index is 1.88. The van der Waals surface area contributed by atoms with Crippen molar-refractivity contribution >= 4 is 32.3 Å². The van der Waals surface area contributed by atoms with Gasteiger partial charge in [-0.05, 0) is 25.8 Å². The van der Waals surface area contributed by atoms with Crippen LogP contribution in [0.5, 0.6) is 0 Å². The Hall–Kier alpha value is -2.26. The van der Waals surface area contributed by atoms with Crippen LogP contribution in [-0.4, -0.2) is 48.0 Å². The van der Waals surface area contributed by atoms with Gasteiger partial charge >= 0.3 is 0 Å². The molecule has 2 aromatic rings. The average molecular weight is 364 g/mol. The molecule has 1 saturated heterocycles. The zero-order valence-corrected chi connectivity index (χ0v) is 14.9. The summed E-state index contributed by atoms with van der Waals surface area (Å²) in [7, 11) is -3.16. The van der Waals surface area contributed by atoms with Gasteiger partial charge in [-0.15, -0.1) is 0 Å². The summed E-state index contributed by atoms with van der Waals surface area (Å²) < 4.78 is 24.7. The van der Waals surface area contributed by atoms with E-state index in [-0.39, 0.29) is 11.7 Å². The number of aromatic nitrogens is 1. The minimum atomic E-state index is -3.16. The molecule has 3 rings (SSSR count). The molecule has 0 aliphatic carbocycles. The number of non-ortho nitro benzene ring substituents is 1. The number of nitrogens with zero attached hydrogens (tertiary/aromatic N) is 3. The number of sulfonamides is 1. The number of piperidine rings is 1. The normalized spacial score (nSPS) is 16.9. The lowest BCUT2D eigenvalue weighted by Gasteiger charge is -2.31. The molecule has 2 heterocycles. The highest BCUT2D eigenvalue weighted by atomic mass is 32.2. The summed E-state index contributed by atoms with van der Waals surface area (Å²) in [5, 5.41) is 15.4. The largest absolute Gasteiger partial charge is 0.382 e. The lowest BCUT2D eigenvalue weighted by molar-refractivity contribution is -0.383. The standard InChI is InChI=1S/C16H20N4O4S/c1-11-10-14(13-4-3-5-15(20(21)22)16(13)17-11)18-12-6-8-19(9-7-12)25(2,23)24/h3-5,10,12H,6-9H2,1-2H3,(H,17,18). The van der Waals surface area contributed by atoms with Crippen LogP contribution in [0, 0.1) is 17.0 Å². The van der Waals surface area contributed by atoms with Crippen LogP contribution in [0.3, 0.4) is 0 Å². The molecule has 0 saturated carbocycles. The fraction of sp³-hybridized carbons (Fsp3) is 0.438. The van der Waals surface area contributed by atoms with Gasteiger partial charge in [0.1, 0.15) is 0 Å². The Morgan fingerprint density at radius 1 is 1.32 bits per heavy atom. The van der Waals surface area contributed by atoms with Gasteiger partial charge in [0.15, 0.2) is 5.52 Å². The van der Waals surface area contributed by atoms with E-state index in [1.165, 1.54) is 16.6 Å². The van der Waals surface area contributed by atoms with Gasteiger partial charge in [-0.25, -0.2) is 17.7 Å². The van der Waals surface area contributed by atoms with Crippen molar-refractivity contribution in [3.8, 4) is 0 Å². The van der Waals surface area contributed by atoms with Crippen molar-refractivity contribution in [2.45, 2.75) is 25.8 Å². The van der Waals surface area contributed by atoms with Crippen molar-refractivity contribution in [1.82, 2.24) is 9.29 Å². The summed E-state index contributed by atoms with van der Waals surface area (Å²) in [6, 6.07) is 6.89. The number of aryl methyl sites for hydroxylation is 1. The number of hydrogen-bond donors (Lipinski definition) is 1.